The van der Waals surface area contributed by atoms with Crippen LogP contribution in [-0.2, 0) is 13.0 Å². The Labute approximate surface area is 173 Å². The van der Waals surface area contributed by atoms with E-state index in [1.54, 1.807) is 0 Å². The van der Waals surface area contributed by atoms with Crippen LogP contribution in [0.5, 0.6) is 5.75 Å². The van der Waals surface area contributed by atoms with Crippen LogP contribution in [-0.4, -0.2) is 27.4 Å². The Hall–Kier alpha value is -1.89. The second-order valence-corrected chi connectivity index (χ2v) is 8.77. The number of benzene rings is 1. The molecule has 0 bridgehead atoms. The maximum atomic E-state index is 12.7. The highest BCUT2D eigenvalue weighted by atomic mass is 35.5. The minimum atomic E-state index is -0.836. The second-order valence-electron chi connectivity index (χ2n) is 7.25. The molecule has 7 heteroatoms. The Morgan fingerprint density at radius 1 is 1.32 bits per heavy atom. The molecule has 1 unspecified atom stereocenters. The molecule has 1 atom stereocenters. The Kier molecular flexibility index (Phi) is 6.43. The summed E-state index contributed by atoms with van der Waals surface area (Å²) in [7, 11) is 0. The number of thiophene rings is 1. The molecule has 0 saturated carbocycles. The maximum Gasteiger partial charge on any atom is 0.262 e. The van der Waals surface area contributed by atoms with Gasteiger partial charge in [-0.15, -0.1) is 11.3 Å². The van der Waals surface area contributed by atoms with Gasteiger partial charge in [0.2, 0.25) is 0 Å². The molecule has 1 aromatic carbocycles. The third-order valence-electron chi connectivity index (χ3n) is 4.67. The molecule has 1 N–H and O–H groups in total. The zero-order valence-corrected chi connectivity index (χ0v) is 18.1. The lowest BCUT2D eigenvalue weighted by molar-refractivity contribution is 0.0908. The molecule has 0 aliphatic carbocycles. The lowest BCUT2D eigenvalue weighted by Crippen LogP contribution is -2.30. The topological polar surface area (TPSA) is 64.4 Å². The van der Waals surface area contributed by atoms with E-state index in [0.717, 1.165) is 27.3 Å². The number of aryl methyl sites for hydroxylation is 2. The predicted octanol–water partition coefficient (Wildman–Crippen LogP) is 4.55. The van der Waals surface area contributed by atoms with E-state index in [9.17, 15) is 9.90 Å². The van der Waals surface area contributed by atoms with Gasteiger partial charge in [-0.05, 0) is 48.6 Å². The second kappa shape index (κ2) is 8.64. The van der Waals surface area contributed by atoms with Crippen molar-refractivity contribution in [3.63, 3.8) is 0 Å². The molecule has 0 aliphatic rings. The molecule has 0 aliphatic heterocycles. The number of halogens is 1. The van der Waals surface area contributed by atoms with Crippen LogP contribution in [0.15, 0.2) is 29.3 Å². The van der Waals surface area contributed by atoms with Gasteiger partial charge in [0.25, 0.3) is 5.56 Å². The van der Waals surface area contributed by atoms with Crippen molar-refractivity contribution in [1.82, 2.24) is 9.55 Å². The molecule has 3 rings (SSSR count). The standard InChI is InChI=1S/C21H25ClN2O3S/c1-5-15-7-17-20(28-15)23-11-24(21(17)26)9-14(25)10-27-19-6-13(4)18(22)8-16(19)12(2)3/h6-8,11-12,14,25H,5,9-10H2,1-4H3. The lowest BCUT2D eigenvalue weighted by Gasteiger charge is -2.18. The predicted molar refractivity (Wildman–Crippen MR) is 115 cm³/mol. The van der Waals surface area contributed by atoms with Crippen molar-refractivity contribution in [1.29, 1.82) is 0 Å². The fourth-order valence-electron chi connectivity index (χ4n) is 3.03. The molecule has 150 valence electrons. The van der Waals surface area contributed by atoms with Crippen LogP contribution in [0, 0.1) is 6.92 Å². The van der Waals surface area contributed by atoms with Crippen molar-refractivity contribution in [3.05, 3.63) is 55.9 Å². The van der Waals surface area contributed by atoms with E-state index in [1.165, 1.54) is 22.2 Å². The fraction of sp³-hybridized carbons (Fsp3) is 0.429. The van der Waals surface area contributed by atoms with E-state index in [1.807, 2.05) is 32.0 Å². The van der Waals surface area contributed by atoms with E-state index in [4.69, 9.17) is 16.3 Å². The van der Waals surface area contributed by atoms with Crippen LogP contribution in [0.2, 0.25) is 5.02 Å². The maximum absolute atomic E-state index is 12.7. The molecule has 2 heterocycles. The fourth-order valence-corrected chi connectivity index (χ4v) is 4.12. The smallest absolute Gasteiger partial charge is 0.262 e. The first-order chi connectivity index (χ1) is 13.3. The SMILES string of the molecule is CCc1cc2c(=O)n(CC(O)COc3cc(C)c(Cl)cc3C(C)C)cnc2s1. The molecule has 0 saturated heterocycles. The number of fused-ring (bicyclic) bond motifs is 1. The largest absolute Gasteiger partial charge is 0.491 e. The van der Waals surface area contributed by atoms with Crippen molar-refractivity contribution < 1.29 is 9.84 Å². The Bertz CT molecular complexity index is 1040. The number of aliphatic hydroxyl groups is 1. The summed E-state index contributed by atoms with van der Waals surface area (Å²) in [5, 5.41) is 11.7. The highest BCUT2D eigenvalue weighted by molar-refractivity contribution is 7.18. The van der Waals surface area contributed by atoms with Gasteiger partial charge in [-0.3, -0.25) is 9.36 Å². The van der Waals surface area contributed by atoms with Crippen LogP contribution >= 0.6 is 22.9 Å². The van der Waals surface area contributed by atoms with Crippen LogP contribution < -0.4 is 10.3 Å². The van der Waals surface area contributed by atoms with Crippen molar-refractivity contribution in [2.75, 3.05) is 6.61 Å². The monoisotopic (exact) mass is 420 g/mol. The van der Waals surface area contributed by atoms with Crippen LogP contribution in [0.1, 0.15) is 42.7 Å². The number of aromatic nitrogens is 2. The zero-order valence-electron chi connectivity index (χ0n) is 16.5. The van der Waals surface area contributed by atoms with Gasteiger partial charge in [0.05, 0.1) is 18.3 Å². The molecule has 2 aromatic heterocycles. The minimum absolute atomic E-state index is 0.0785. The van der Waals surface area contributed by atoms with Gasteiger partial charge in [0, 0.05) is 9.90 Å². The Morgan fingerprint density at radius 2 is 2.07 bits per heavy atom. The molecule has 0 fully saturated rings. The van der Waals surface area contributed by atoms with Crippen LogP contribution in [0.4, 0.5) is 0 Å². The highest BCUT2D eigenvalue weighted by Crippen LogP contribution is 2.32. The third-order valence-corrected chi connectivity index (χ3v) is 6.26. The molecule has 0 radical (unpaired) electrons. The summed E-state index contributed by atoms with van der Waals surface area (Å²) < 4.78 is 7.32. The van der Waals surface area contributed by atoms with Gasteiger partial charge in [-0.25, -0.2) is 4.98 Å². The number of rotatable bonds is 7. The van der Waals surface area contributed by atoms with Crippen molar-refractivity contribution >= 4 is 33.2 Å². The average molecular weight is 421 g/mol. The molecule has 0 spiro atoms. The van der Waals surface area contributed by atoms with E-state index < -0.39 is 6.10 Å². The number of nitrogens with zero attached hydrogens (tertiary/aromatic N) is 2. The van der Waals surface area contributed by atoms with Crippen molar-refractivity contribution in [2.24, 2.45) is 0 Å². The first kappa shape index (κ1) is 20.8. The van der Waals surface area contributed by atoms with E-state index >= 15 is 0 Å². The summed E-state index contributed by atoms with van der Waals surface area (Å²) in [5.74, 6) is 0.952. The summed E-state index contributed by atoms with van der Waals surface area (Å²) in [6.45, 7) is 8.31. The number of ether oxygens (including phenoxy) is 1. The molecular weight excluding hydrogens is 396 g/mol. The summed E-state index contributed by atoms with van der Waals surface area (Å²) in [4.78, 5) is 18.9. The van der Waals surface area contributed by atoms with Gasteiger partial charge in [-0.1, -0.05) is 32.4 Å². The summed E-state index contributed by atoms with van der Waals surface area (Å²) >= 11 is 7.76. The zero-order chi connectivity index (χ0) is 20.4. The van der Waals surface area contributed by atoms with Gasteiger partial charge in [0.1, 0.15) is 23.3 Å². The summed E-state index contributed by atoms with van der Waals surface area (Å²) in [6, 6.07) is 5.69. The highest BCUT2D eigenvalue weighted by Gasteiger charge is 2.15. The van der Waals surface area contributed by atoms with E-state index in [2.05, 4.69) is 18.8 Å². The molecule has 28 heavy (non-hydrogen) atoms. The quantitative estimate of drug-likeness (QED) is 0.609. The van der Waals surface area contributed by atoms with Crippen LogP contribution in [0.25, 0.3) is 10.2 Å². The van der Waals surface area contributed by atoms with Crippen molar-refractivity contribution in [3.8, 4) is 5.75 Å². The van der Waals surface area contributed by atoms with Crippen LogP contribution in [0.3, 0.4) is 0 Å². The van der Waals surface area contributed by atoms with Gasteiger partial charge in [-0.2, -0.15) is 0 Å². The Morgan fingerprint density at radius 3 is 2.75 bits per heavy atom. The lowest BCUT2D eigenvalue weighted by atomic mass is 10.0. The molecular formula is C21H25ClN2O3S. The van der Waals surface area contributed by atoms with Crippen molar-refractivity contribution in [2.45, 2.75) is 52.7 Å². The van der Waals surface area contributed by atoms with E-state index in [0.29, 0.717) is 16.2 Å². The first-order valence-electron chi connectivity index (χ1n) is 9.38. The van der Waals surface area contributed by atoms with Gasteiger partial charge in [0.15, 0.2) is 0 Å². The van der Waals surface area contributed by atoms with E-state index in [-0.39, 0.29) is 24.6 Å². The number of hydrogen-bond donors (Lipinski definition) is 1. The minimum Gasteiger partial charge on any atom is -0.491 e. The third kappa shape index (κ3) is 4.40. The molecule has 3 aromatic rings. The first-order valence-corrected chi connectivity index (χ1v) is 10.6. The van der Waals surface area contributed by atoms with Gasteiger partial charge >= 0.3 is 0 Å². The number of hydrogen-bond acceptors (Lipinski definition) is 5. The molecule has 0 amide bonds. The van der Waals surface area contributed by atoms with Gasteiger partial charge < -0.3 is 9.84 Å². The normalized spacial score (nSPS) is 12.7. The average Bonchev–Trinajstić information content (AvgIpc) is 3.08. The summed E-state index contributed by atoms with van der Waals surface area (Å²) in [6.07, 6.45) is 1.53. The number of aliphatic hydroxyl groups excluding tert-OH is 1. The Balaban J connectivity index is 1.74. The summed E-state index contributed by atoms with van der Waals surface area (Å²) in [5.41, 5.74) is 1.78. The molecule has 5 nitrogen and oxygen atoms in total.